The van der Waals surface area contributed by atoms with Crippen molar-refractivity contribution in [1.82, 2.24) is 4.40 Å². The van der Waals surface area contributed by atoms with E-state index in [9.17, 15) is 0 Å². The van der Waals surface area contributed by atoms with Crippen molar-refractivity contribution >= 4 is 33.5 Å². The highest BCUT2D eigenvalue weighted by Crippen LogP contribution is 2.44. The van der Waals surface area contributed by atoms with Crippen molar-refractivity contribution in [3.63, 3.8) is 0 Å². The van der Waals surface area contributed by atoms with Gasteiger partial charge in [0.25, 0.3) is 5.65 Å². The number of benzene rings is 3. The molecule has 0 saturated carbocycles. The van der Waals surface area contributed by atoms with Gasteiger partial charge in [-0.25, -0.2) is 8.97 Å². The van der Waals surface area contributed by atoms with Gasteiger partial charge in [-0.2, -0.15) is 0 Å². The highest BCUT2D eigenvalue weighted by Gasteiger charge is 2.38. The molecule has 0 aliphatic carbocycles. The van der Waals surface area contributed by atoms with Gasteiger partial charge in [0.1, 0.15) is 17.9 Å². The summed E-state index contributed by atoms with van der Waals surface area (Å²) >= 11 is 0. The second-order valence-electron chi connectivity index (χ2n) is 11.1. The van der Waals surface area contributed by atoms with Crippen LogP contribution < -0.4 is 9.47 Å². The van der Waals surface area contributed by atoms with Crippen molar-refractivity contribution in [3.8, 4) is 0 Å². The monoisotopic (exact) mass is 488 g/mol. The Balaban J connectivity index is 1.71. The second-order valence-corrected chi connectivity index (χ2v) is 11.1. The zero-order valence-electron chi connectivity index (χ0n) is 23.1. The molecule has 3 aromatic carbocycles. The van der Waals surface area contributed by atoms with E-state index in [-0.39, 0.29) is 5.54 Å². The fourth-order valence-electron chi connectivity index (χ4n) is 6.74. The van der Waals surface area contributed by atoms with Crippen LogP contribution >= 0.6 is 0 Å². The molecule has 0 amide bonds. The second kappa shape index (κ2) is 8.76. The van der Waals surface area contributed by atoms with E-state index < -0.39 is 0 Å². The van der Waals surface area contributed by atoms with Crippen molar-refractivity contribution in [2.45, 2.75) is 72.8 Å². The van der Waals surface area contributed by atoms with E-state index in [1.54, 1.807) is 0 Å². The molecule has 6 rings (SSSR count). The summed E-state index contributed by atoms with van der Waals surface area (Å²) in [5, 5.41) is 2.72. The molecule has 37 heavy (non-hydrogen) atoms. The molecule has 0 unspecified atom stereocenters. The molecule has 0 atom stereocenters. The third-order valence-corrected chi connectivity index (χ3v) is 8.90. The minimum atomic E-state index is 0.156. The summed E-state index contributed by atoms with van der Waals surface area (Å²) in [6.45, 7) is 13.5. The maximum Gasteiger partial charge on any atom is 0.294 e. The average Bonchev–Trinajstić information content (AvgIpc) is 3.27. The molecule has 0 N–H and O–H groups in total. The summed E-state index contributed by atoms with van der Waals surface area (Å²) in [6, 6.07) is 20.7. The smallest absolute Gasteiger partial charge is 0.294 e. The summed E-state index contributed by atoms with van der Waals surface area (Å²) in [5.41, 5.74) is 11.8. The van der Waals surface area contributed by atoms with Gasteiger partial charge in [0.15, 0.2) is 0 Å². The van der Waals surface area contributed by atoms with Gasteiger partial charge in [0, 0.05) is 16.8 Å². The third kappa shape index (κ3) is 3.59. The van der Waals surface area contributed by atoms with Crippen LogP contribution in [-0.2, 0) is 12.0 Å². The molecule has 1 aliphatic rings. The minimum absolute atomic E-state index is 0.156. The lowest BCUT2D eigenvalue weighted by molar-refractivity contribution is -0.743. The van der Waals surface area contributed by atoms with Crippen LogP contribution in [0.4, 0.5) is 17.1 Å². The van der Waals surface area contributed by atoms with Crippen molar-refractivity contribution in [2.75, 3.05) is 4.90 Å². The highest BCUT2D eigenvalue weighted by molar-refractivity contribution is 6.06. The lowest BCUT2D eigenvalue weighted by Gasteiger charge is -2.30. The summed E-state index contributed by atoms with van der Waals surface area (Å²) in [6.07, 6.45) is 11.4. The quantitative estimate of drug-likeness (QED) is 0.226. The molecule has 0 spiro atoms. The molecule has 3 nitrogen and oxygen atoms in total. The van der Waals surface area contributed by atoms with Crippen LogP contribution in [0.15, 0.2) is 73.2 Å². The zero-order chi connectivity index (χ0) is 25.9. The van der Waals surface area contributed by atoms with Gasteiger partial charge in [-0.05, 0) is 94.3 Å². The number of aryl methyl sites for hydroxylation is 5. The number of rotatable bonds is 5. The fraction of sp³-hybridized carbons (Fsp3) is 0.324. The van der Waals surface area contributed by atoms with Gasteiger partial charge in [-0.15, -0.1) is 0 Å². The van der Waals surface area contributed by atoms with Crippen LogP contribution in [0.5, 0.6) is 0 Å². The van der Waals surface area contributed by atoms with Crippen molar-refractivity contribution in [3.05, 3.63) is 101 Å². The van der Waals surface area contributed by atoms with E-state index in [0.29, 0.717) is 0 Å². The number of hydrogen-bond donors (Lipinski definition) is 0. The molecule has 5 aromatic rings. The first-order chi connectivity index (χ1) is 17.9. The molecule has 0 fully saturated rings. The van der Waals surface area contributed by atoms with Gasteiger partial charge in [0.2, 0.25) is 0 Å². The SMILES string of the molecule is CCC1(CC)CCc2ccc(N(c3ccc(C)cc3C)c3ccc(C)cc3C)c3ccn4cc[n+]1c4c23. The Morgan fingerprint density at radius 3 is 2.00 bits per heavy atom. The molecule has 0 radical (unpaired) electrons. The van der Waals surface area contributed by atoms with Crippen molar-refractivity contribution in [1.29, 1.82) is 0 Å². The Kier molecular flexibility index (Phi) is 5.63. The Morgan fingerprint density at radius 1 is 0.784 bits per heavy atom. The maximum absolute atomic E-state index is 2.59. The van der Waals surface area contributed by atoms with E-state index in [1.807, 2.05) is 0 Å². The largest absolute Gasteiger partial charge is 0.309 e. The first kappa shape index (κ1) is 23.8. The van der Waals surface area contributed by atoms with Crippen LogP contribution in [0, 0.1) is 27.7 Å². The van der Waals surface area contributed by atoms with Crippen LogP contribution in [0.2, 0.25) is 0 Å². The van der Waals surface area contributed by atoms with E-state index in [4.69, 9.17) is 0 Å². The Hall–Kier alpha value is -3.59. The van der Waals surface area contributed by atoms with E-state index >= 15 is 0 Å². The Bertz CT molecular complexity index is 1600. The Labute approximate surface area is 221 Å². The number of pyridine rings is 1. The van der Waals surface area contributed by atoms with Crippen LogP contribution in [0.1, 0.15) is 60.9 Å². The topological polar surface area (TPSA) is 11.5 Å². The summed E-state index contributed by atoms with van der Waals surface area (Å²) < 4.78 is 4.92. The summed E-state index contributed by atoms with van der Waals surface area (Å²) in [5.74, 6) is 0. The molecule has 188 valence electrons. The van der Waals surface area contributed by atoms with Crippen LogP contribution in [0.3, 0.4) is 0 Å². The minimum Gasteiger partial charge on any atom is -0.309 e. The van der Waals surface area contributed by atoms with Gasteiger partial charge in [-0.3, -0.25) is 0 Å². The van der Waals surface area contributed by atoms with E-state index in [1.165, 1.54) is 67.7 Å². The van der Waals surface area contributed by atoms with Crippen molar-refractivity contribution < 1.29 is 4.57 Å². The average molecular weight is 489 g/mol. The predicted octanol–water partition coefficient (Wildman–Crippen LogP) is 8.54. The number of imidazole rings is 1. The van der Waals surface area contributed by atoms with Crippen LogP contribution in [0.25, 0.3) is 16.4 Å². The summed E-state index contributed by atoms with van der Waals surface area (Å²) in [4.78, 5) is 2.49. The van der Waals surface area contributed by atoms with E-state index in [0.717, 1.165) is 19.3 Å². The molecule has 0 bridgehead atoms. The molecule has 1 aliphatic heterocycles. The lowest BCUT2D eigenvalue weighted by atomic mass is 9.86. The molecule has 2 aromatic heterocycles. The molecule has 3 heteroatoms. The normalized spacial score (nSPS) is 14.4. The number of aromatic nitrogens is 2. The molecule has 3 heterocycles. The Morgan fingerprint density at radius 2 is 1.41 bits per heavy atom. The molecular weight excluding hydrogens is 450 g/mol. The lowest BCUT2D eigenvalue weighted by Crippen LogP contribution is -2.54. The highest BCUT2D eigenvalue weighted by atomic mass is 15.2. The van der Waals surface area contributed by atoms with Crippen molar-refractivity contribution in [2.24, 2.45) is 0 Å². The maximum atomic E-state index is 2.59. The predicted molar refractivity (Wildman–Crippen MR) is 156 cm³/mol. The fourth-order valence-corrected chi connectivity index (χ4v) is 6.74. The number of anilines is 3. The third-order valence-electron chi connectivity index (χ3n) is 8.90. The first-order valence-electron chi connectivity index (χ1n) is 13.8. The summed E-state index contributed by atoms with van der Waals surface area (Å²) in [7, 11) is 0. The standard InChI is InChI=1S/C34H38N3/c1-7-34(8-2)17-15-27-11-14-31(28-16-18-35-19-20-36(34)33(35)32(27)28)37(29-12-9-23(3)21-25(29)5)30-13-10-24(4)22-26(30)6/h9-14,16,18-22H,7-8,15,17H2,1-6H3/q+1. The first-order valence-corrected chi connectivity index (χ1v) is 13.8. The van der Waals surface area contributed by atoms with Gasteiger partial charge in [-0.1, -0.05) is 55.3 Å². The zero-order valence-corrected chi connectivity index (χ0v) is 23.1. The number of nitrogens with zero attached hydrogens (tertiary/aromatic N) is 3. The van der Waals surface area contributed by atoms with E-state index in [2.05, 4.69) is 129 Å². The van der Waals surface area contributed by atoms with Gasteiger partial charge in [0.05, 0.1) is 17.3 Å². The van der Waals surface area contributed by atoms with Crippen LogP contribution in [-0.4, -0.2) is 4.40 Å². The molecular formula is C34H38N3+. The van der Waals surface area contributed by atoms with Gasteiger partial charge < -0.3 is 4.90 Å². The van der Waals surface area contributed by atoms with Gasteiger partial charge >= 0.3 is 0 Å². The molecule has 0 saturated heterocycles. The number of hydrogen-bond acceptors (Lipinski definition) is 1.